The standard InChI is InChI=1S/C15H18Cl2N4O2S/c1-8(22)13(15(23)19-10-4-5-24-14(10)17)9(7-18-2)11-6-12(16)20-21(11)3/h4-6,9,13,18H,7H2,1-3H3,(H,19,23)/t9-,13+/m1/s1. The van der Waals surface area contributed by atoms with Gasteiger partial charge in [0.25, 0.3) is 0 Å². The lowest BCUT2D eigenvalue weighted by molar-refractivity contribution is -0.130. The van der Waals surface area contributed by atoms with E-state index in [1.165, 1.54) is 18.3 Å². The maximum atomic E-state index is 12.7. The number of anilines is 1. The average molecular weight is 389 g/mol. The molecule has 0 saturated carbocycles. The Morgan fingerprint density at radius 2 is 2.12 bits per heavy atom. The van der Waals surface area contributed by atoms with E-state index in [0.717, 1.165) is 0 Å². The minimum atomic E-state index is -0.889. The molecule has 2 aromatic rings. The summed E-state index contributed by atoms with van der Waals surface area (Å²) < 4.78 is 2.06. The molecule has 0 fully saturated rings. The highest BCUT2D eigenvalue weighted by Gasteiger charge is 2.35. The van der Waals surface area contributed by atoms with E-state index in [2.05, 4.69) is 15.7 Å². The van der Waals surface area contributed by atoms with E-state index in [4.69, 9.17) is 23.2 Å². The van der Waals surface area contributed by atoms with Gasteiger partial charge in [0.15, 0.2) is 5.15 Å². The summed E-state index contributed by atoms with van der Waals surface area (Å²) in [6, 6.07) is 3.38. The molecule has 0 saturated heterocycles. The first-order chi connectivity index (χ1) is 11.3. The van der Waals surface area contributed by atoms with Crippen LogP contribution >= 0.6 is 34.5 Å². The minimum absolute atomic E-state index is 0.239. The van der Waals surface area contributed by atoms with Crippen molar-refractivity contribution >= 4 is 51.9 Å². The first-order valence-electron chi connectivity index (χ1n) is 7.23. The second-order valence-corrected chi connectivity index (χ2v) is 7.27. The van der Waals surface area contributed by atoms with Crippen LogP contribution in [0.3, 0.4) is 0 Å². The van der Waals surface area contributed by atoms with Gasteiger partial charge in [-0.15, -0.1) is 11.3 Å². The molecule has 0 aromatic carbocycles. The maximum absolute atomic E-state index is 12.7. The molecule has 0 bridgehead atoms. The molecular weight excluding hydrogens is 371 g/mol. The maximum Gasteiger partial charge on any atom is 0.235 e. The second-order valence-electron chi connectivity index (χ2n) is 5.37. The number of amides is 1. The van der Waals surface area contributed by atoms with Gasteiger partial charge in [0.2, 0.25) is 5.91 Å². The van der Waals surface area contributed by atoms with E-state index in [-0.39, 0.29) is 5.78 Å². The molecule has 0 spiro atoms. The summed E-state index contributed by atoms with van der Waals surface area (Å²) in [4.78, 5) is 25.0. The molecule has 0 aliphatic carbocycles. The largest absolute Gasteiger partial charge is 0.323 e. The molecule has 130 valence electrons. The lowest BCUT2D eigenvalue weighted by Gasteiger charge is -2.24. The zero-order valence-corrected chi connectivity index (χ0v) is 15.8. The van der Waals surface area contributed by atoms with E-state index in [1.54, 1.807) is 36.3 Å². The number of hydrogen-bond donors (Lipinski definition) is 2. The van der Waals surface area contributed by atoms with Crippen molar-refractivity contribution in [2.45, 2.75) is 12.8 Å². The van der Waals surface area contributed by atoms with Gasteiger partial charge in [-0.25, -0.2) is 0 Å². The number of Topliss-reactive ketones (excluding diaryl/α,β-unsaturated/α-hetero) is 1. The normalized spacial score (nSPS) is 13.5. The number of nitrogens with one attached hydrogen (secondary N) is 2. The first kappa shape index (κ1) is 18.9. The monoisotopic (exact) mass is 388 g/mol. The minimum Gasteiger partial charge on any atom is -0.323 e. The highest BCUT2D eigenvalue weighted by Crippen LogP contribution is 2.31. The highest BCUT2D eigenvalue weighted by atomic mass is 35.5. The molecule has 2 heterocycles. The van der Waals surface area contributed by atoms with Gasteiger partial charge < -0.3 is 10.6 Å². The van der Waals surface area contributed by atoms with Crippen molar-refractivity contribution in [2.24, 2.45) is 13.0 Å². The van der Waals surface area contributed by atoms with E-state index < -0.39 is 17.7 Å². The van der Waals surface area contributed by atoms with Gasteiger partial charge in [-0.05, 0) is 31.5 Å². The van der Waals surface area contributed by atoms with Gasteiger partial charge >= 0.3 is 0 Å². The summed E-state index contributed by atoms with van der Waals surface area (Å²) in [5, 5.41) is 11.9. The fourth-order valence-electron chi connectivity index (χ4n) is 2.65. The molecule has 0 aliphatic rings. The van der Waals surface area contributed by atoms with Gasteiger partial charge in [0.1, 0.15) is 16.0 Å². The Hall–Kier alpha value is -1.41. The SMILES string of the molecule is CNC[C@H](c1cc(Cl)nn1C)[C@H](C(C)=O)C(=O)Nc1ccsc1Cl. The molecule has 24 heavy (non-hydrogen) atoms. The topological polar surface area (TPSA) is 76.0 Å². The first-order valence-corrected chi connectivity index (χ1v) is 8.87. The van der Waals surface area contributed by atoms with Crippen LogP contribution in [0.1, 0.15) is 18.5 Å². The fraction of sp³-hybridized carbons (Fsp3) is 0.400. The van der Waals surface area contributed by atoms with Crippen molar-refractivity contribution in [3.05, 3.63) is 32.7 Å². The van der Waals surface area contributed by atoms with Crippen molar-refractivity contribution in [1.82, 2.24) is 15.1 Å². The van der Waals surface area contributed by atoms with Gasteiger partial charge in [0, 0.05) is 25.2 Å². The van der Waals surface area contributed by atoms with Crippen LogP contribution in [0, 0.1) is 5.92 Å². The number of thiophene rings is 1. The molecule has 6 nitrogen and oxygen atoms in total. The van der Waals surface area contributed by atoms with Crippen LogP contribution in [-0.2, 0) is 16.6 Å². The number of carbonyl (C=O) groups is 2. The Morgan fingerprint density at radius 1 is 1.42 bits per heavy atom. The summed E-state index contributed by atoms with van der Waals surface area (Å²) in [6.45, 7) is 1.82. The summed E-state index contributed by atoms with van der Waals surface area (Å²) >= 11 is 13.3. The van der Waals surface area contributed by atoms with Crippen LogP contribution in [-0.4, -0.2) is 35.1 Å². The Kier molecular flexibility index (Phi) is 6.40. The summed E-state index contributed by atoms with van der Waals surface area (Å²) in [5.41, 5.74) is 1.21. The van der Waals surface area contributed by atoms with Crippen LogP contribution in [0.5, 0.6) is 0 Å². The smallest absolute Gasteiger partial charge is 0.235 e. The number of likely N-dealkylation sites (N-methyl/N-ethyl adjacent to an activating group) is 1. The molecule has 0 aliphatic heterocycles. The van der Waals surface area contributed by atoms with Crippen molar-refractivity contribution in [2.75, 3.05) is 18.9 Å². The van der Waals surface area contributed by atoms with E-state index >= 15 is 0 Å². The van der Waals surface area contributed by atoms with E-state index in [0.29, 0.717) is 27.4 Å². The number of rotatable bonds is 7. The molecule has 0 radical (unpaired) electrons. The molecule has 2 atom stereocenters. The predicted octanol–water partition coefficient (Wildman–Crippen LogP) is 2.94. The molecule has 2 rings (SSSR count). The van der Waals surface area contributed by atoms with Crippen molar-refractivity contribution < 1.29 is 9.59 Å². The fourth-order valence-corrected chi connectivity index (χ4v) is 3.71. The van der Waals surface area contributed by atoms with Crippen LogP contribution in [0.2, 0.25) is 9.49 Å². The number of hydrogen-bond acceptors (Lipinski definition) is 5. The Morgan fingerprint density at radius 3 is 2.58 bits per heavy atom. The van der Waals surface area contributed by atoms with Crippen molar-refractivity contribution in [3.8, 4) is 0 Å². The van der Waals surface area contributed by atoms with Crippen LogP contribution in [0.4, 0.5) is 5.69 Å². The summed E-state index contributed by atoms with van der Waals surface area (Å²) in [6.07, 6.45) is 0. The summed E-state index contributed by atoms with van der Waals surface area (Å²) in [5.74, 6) is -1.94. The molecule has 1 amide bonds. The van der Waals surface area contributed by atoms with Crippen molar-refractivity contribution in [1.29, 1.82) is 0 Å². The molecule has 9 heteroatoms. The Balaban J connectivity index is 2.35. The number of ketones is 1. The summed E-state index contributed by atoms with van der Waals surface area (Å²) in [7, 11) is 3.49. The third-order valence-electron chi connectivity index (χ3n) is 3.69. The van der Waals surface area contributed by atoms with Gasteiger partial charge in [-0.3, -0.25) is 14.3 Å². The number of halogens is 2. The molecular formula is C15H18Cl2N4O2S. The van der Waals surface area contributed by atoms with Crippen LogP contribution in [0.25, 0.3) is 0 Å². The Labute approximate surface area is 154 Å². The average Bonchev–Trinajstić information content (AvgIpc) is 3.03. The number of aryl methyl sites for hydroxylation is 1. The predicted molar refractivity (Wildman–Crippen MR) is 97.0 cm³/mol. The van der Waals surface area contributed by atoms with Crippen LogP contribution in [0.15, 0.2) is 17.5 Å². The quantitative estimate of drug-likeness (QED) is 0.714. The molecule has 2 N–H and O–H groups in total. The lowest BCUT2D eigenvalue weighted by atomic mass is 9.85. The number of carbonyl (C=O) groups excluding carboxylic acids is 2. The lowest BCUT2D eigenvalue weighted by Crippen LogP contribution is -2.38. The number of aromatic nitrogens is 2. The van der Waals surface area contributed by atoms with E-state index in [9.17, 15) is 9.59 Å². The van der Waals surface area contributed by atoms with Crippen LogP contribution < -0.4 is 10.6 Å². The third-order valence-corrected chi connectivity index (χ3v) is 5.04. The third kappa shape index (κ3) is 4.16. The zero-order chi connectivity index (χ0) is 17.9. The second kappa shape index (κ2) is 8.11. The highest BCUT2D eigenvalue weighted by molar-refractivity contribution is 7.15. The van der Waals surface area contributed by atoms with Gasteiger partial charge in [-0.1, -0.05) is 23.2 Å². The number of nitrogens with zero attached hydrogens (tertiary/aromatic N) is 2. The molecule has 0 unspecified atom stereocenters. The van der Waals surface area contributed by atoms with E-state index in [1.807, 2.05) is 0 Å². The molecule has 2 aromatic heterocycles. The Bertz CT molecular complexity index is 744. The van der Waals surface area contributed by atoms with Gasteiger partial charge in [-0.2, -0.15) is 5.10 Å². The zero-order valence-electron chi connectivity index (χ0n) is 13.5. The van der Waals surface area contributed by atoms with Gasteiger partial charge in [0.05, 0.1) is 5.69 Å². The van der Waals surface area contributed by atoms with Crippen molar-refractivity contribution in [3.63, 3.8) is 0 Å².